The van der Waals surface area contributed by atoms with Crippen LogP contribution in [0.15, 0.2) is 0 Å². The number of carbonyl (C=O) groups is 1. The molecule has 0 aromatic rings. The van der Waals surface area contributed by atoms with E-state index in [1.54, 1.807) is 0 Å². The first-order valence-electron chi connectivity index (χ1n) is 12.8. The van der Waals surface area contributed by atoms with Gasteiger partial charge < -0.3 is 9.84 Å². The van der Waals surface area contributed by atoms with E-state index in [0.717, 1.165) is 6.42 Å². The SMILES string of the molecule is CC1C2CC(CC(O)(C(F)(F)F)C(F)(F)F)C(C2)C1C.CCC(C)C(=O)OC(C)(C)C.CCF.CCF. The van der Waals surface area contributed by atoms with E-state index in [-0.39, 0.29) is 48.6 Å². The summed E-state index contributed by atoms with van der Waals surface area (Å²) in [5.41, 5.74) is -4.93. The lowest BCUT2D eigenvalue weighted by Gasteiger charge is -2.39. The van der Waals surface area contributed by atoms with Crippen LogP contribution in [-0.2, 0) is 9.53 Å². The van der Waals surface area contributed by atoms with E-state index in [2.05, 4.69) is 0 Å². The molecular formula is C26H46F8O3. The number of hydrogen-bond acceptors (Lipinski definition) is 3. The Morgan fingerprint density at radius 2 is 1.30 bits per heavy atom. The Balaban J connectivity index is 0. The molecule has 2 rings (SSSR count). The molecule has 0 spiro atoms. The van der Waals surface area contributed by atoms with Crippen molar-refractivity contribution in [1.29, 1.82) is 0 Å². The third-order valence-corrected chi connectivity index (χ3v) is 6.95. The molecule has 1 N–H and O–H groups in total. The van der Waals surface area contributed by atoms with E-state index < -0.39 is 30.3 Å². The molecule has 2 aliphatic rings. The molecule has 0 amide bonds. The summed E-state index contributed by atoms with van der Waals surface area (Å²) in [6, 6.07) is 0. The maximum absolute atomic E-state index is 12.7. The van der Waals surface area contributed by atoms with Crippen molar-refractivity contribution < 1.29 is 49.8 Å². The van der Waals surface area contributed by atoms with Crippen LogP contribution in [0.5, 0.6) is 0 Å². The Hall–Kier alpha value is -1.13. The van der Waals surface area contributed by atoms with E-state index in [9.17, 15) is 45.0 Å². The van der Waals surface area contributed by atoms with Crippen molar-refractivity contribution in [3.05, 3.63) is 0 Å². The first kappa shape index (κ1) is 38.0. The van der Waals surface area contributed by atoms with Crippen molar-refractivity contribution in [2.45, 2.75) is 112 Å². The molecule has 0 aliphatic heterocycles. The molecule has 2 fully saturated rings. The molecule has 37 heavy (non-hydrogen) atoms. The number of rotatable bonds is 4. The first-order chi connectivity index (χ1) is 16.6. The second kappa shape index (κ2) is 15.5. The third-order valence-electron chi connectivity index (χ3n) is 6.95. The fourth-order valence-corrected chi connectivity index (χ4v) is 4.67. The summed E-state index contributed by atoms with van der Waals surface area (Å²) in [6.07, 6.45) is -10.8. The van der Waals surface area contributed by atoms with Crippen LogP contribution in [0.1, 0.15) is 88.0 Å². The standard InChI is InChI=1S/C13H18F6O.C9H18O2.2C2H5F/c1-6-7(2)10-4-8(6)3-9(10)5-11(20,12(14,15)16)13(17,18)19;1-6-7(2)8(10)11-9(3,4)5;2*1-2-3/h6-10,20H,3-5H2,1-2H3;7H,6H2,1-5H3;2*2H2,1H3. The highest BCUT2D eigenvalue weighted by Crippen LogP contribution is 2.59. The Labute approximate surface area is 216 Å². The molecule has 0 aromatic heterocycles. The number of ether oxygens (including phenoxy) is 1. The summed E-state index contributed by atoms with van der Waals surface area (Å²) >= 11 is 0. The molecule has 0 heterocycles. The molecule has 0 saturated heterocycles. The van der Waals surface area contributed by atoms with Crippen LogP contribution >= 0.6 is 0 Å². The van der Waals surface area contributed by atoms with Gasteiger partial charge in [0.25, 0.3) is 5.60 Å². The molecule has 6 unspecified atom stereocenters. The number of alkyl halides is 8. The first-order valence-corrected chi connectivity index (χ1v) is 12.8. The Kier molecular flexibility index (Phi) is 15.9. The Bertz CT molecular complexity index is 625. The van der Waals surface area contributed by atoms with Crippen LogP contribution < -0.4 is 0 Å². The van der Waals surface area contributed by atoms with Crippen molar-refractivity contribution in [2.24, 2.45) is 35.5 Å². The van der Waals surface area contributed by atoms with Crippen molar-refractivity contribution in [2.75, 3.05) is 13.3 Å². The zero-order valence-electron chi connectivity index (χ0n) is 23.5. The molecular weight excluding hydrogens is 512 g/mol. The van der Waals surface area contributed by atoms with Gasteiger partial charge in [-0.2, -0.15) is 26.3 Å². The average Bonchev–Trinajstić information content (AvgIpc) is 3.25. The predicted molar refractivity (Wildman–Crippen MR) is 128 cm³/mol. The summed E-state index contributed by atoms with van der Waals surface area (Å²) in [5.74, 6) is -0.295. The minimum absolute atomic E-state index is 0.0224. The largest absolute Gasteiger partial charge is 0.460 e. The quantitative estimate of drug-likeness (QED) is 0.278. The van der Waals surface area contributed by atoms with Crippen LogP contribution in [0, 0.1) is 35.5 Å². The summed E-state index contributed by atoms with van der Waals surface area (Å²) in [5, 5.41) is 9.28. The van der Waals surface area contributed by atoms with Crippen molar-refractivity contribution in [1.82, 2.24) is 0 Å². The molecule has 3 nitrogen and oxygen atoms in total. The van der Waals surface area contributed by atoms with E-state index in [1.165, 1.54) is 13.8 Å². The third kappa shape index (κ3) is 11.6. The lowest BCUT2D eigenvalue weighted by Crippen LogP contribution is -2.58. The molecule has 224 valence electrons. The smallest absolute Gasteiger partial charge is 0.426 e. The van der Waals surface area contributed by atoms with Gasteiger partial charge in [-0.15, -0.1) is 0 Å². The minimum atomic E-state index is -5.69. The van der Waals surface area contributed by atoms with Gasteiger partial charge in [-0.3, -0.25) is 13.6 Å². The summed E-state index contributed by atoms with van der Waals surface area (Å²) in [4.78, 5) is 11.2. The number of hydrogen-bond donors (Lipinski definition) is 1. The zero-order valence-corrected chi connectivity index (χ0v) is 23.5. The number of carbonyl (C=O) groups excluding carboxylic acids is 1. The molecule has 6 atom stereocenters. The topological polar surface area (TPSA) is 46.5 Å². The van der Waals surface area contributed by atoms with Gasteiger partial charge in [-0.1, -0.05) is 27.7 Å². The second-order valence-corrected chi connectivity index (χ2v) is 10.8. The zero-order chi connectivity index (χ0) is 30.0. The van der Waals surface area contributed by atoms with Crippen LogP contribution in [-0.4, -0.2) is 48.0 Å². The number of fused-ring (bicyclic) bond motifs is 2. The molecule has 2 saturated carbocycles. The van der Waals surface area contributed by atoms with E-state index in [4.69, 9.17) is 4.74 Å². The van der Waals surface area contributed by atoms with Gasteiger partial charge in [-0.25, -0.2) is 0 Å². The van der Waals surface area contributed by atoms with Crippen molar-refractivity contribution in [3.8, 4) is 0 Å². The normalized spacial score (nSPS) is 26.1. The second-order valence-electron chi connectivity index (χ2n) is 10.8. The van der Waals surface area contributed by atoms with Gasteiger partial charge >= 0.3 is 18.3 Å². The van der Waals surface area contributed by atoms with Crippen molar-refractivity contribution >= 4 is 5.97 Å². The Morgan fingerprint density at radius 3 is 1.57 bits per heavy atom. The van der Waals surface area contributed by atoms with Gasteiger partial charge in [0.2, 0.25) is 0 Å². The van der Waals surface area contributed by atoms with Gasteiger partial charge in [0, 0.05) is 0 Å². The molecule has 0 radical (unpaired) electrons. The Morgan fingerprint density at radius 1 is 0.892 bits per heavy atom. The summed E-state index contributed by atoms with van der Waals surface area (Å²) < 4.78 is 102. The number of esters is 1. The van der Waals surface area contributed by atoms with Crippen LogP contribution in [0.4, 0.5) is 35.1 Å². The number of halogens is 8. The highest BCUT2D eigenvalue weighted by molar-refractivity contribution is 5.72. The van der Waals surface area contributed by atoms with Gasteiger partial charge in [-0.05, 0) is 89.9 Å². The van der Waals surface area contributed by atoms with E-state index in [1.807, 2.05) is 48.5 Å². The van der Waals surface area contributed by atoms with Gasteiger partial charge in [0.1, 0.15) is 5.60 Å². The highest BCUT2D eigenvalue weighted by atomic mass is 19.4. The lowest BCUT2D eigenvalue weighted by atomic mass is 9.72. The minimum Gasteiger partial charge on any atom is -0.460 e. The van der Waals surface area contributed by atoms with Crippen LogP contribution in [0.2, 0.25) is 0 Å². The lowest BCUT2D eigenvalue weighted by molar-refractivity contribution is -0.373. The fourth-order valence-electron chi connectivity index (χ4n) is 4.67. The van der Waals surface area contributed by atoms with E-state index in [0.29, 0.717) is 18.8 Å². The number of aliphatic hydroxyl groups is 1. The maximum atomic E-state index is 12.7. The van der Waals surface area contributed by atoms with E-state index >= 15 is 0 Å². The molecule has 11 heteroatoms. The van der Waals surface area contributed by atoms with Gasteiger partial charge in [0.05, 0.1) is 19.3 Å². The monoisotopic (exact) mass is 558 g/mol. The fraction of sp³-hybridized carbons (Fsp3) is 0.962. The molecule has 2 aliphatic carbocycles. The van der Waals surface area contributed by atoms with Gasteiger partial charge in [0.15, 0.2) is 0 Å². The average molecular weight is 559 g/mol. The van der Waals surface area contributed by atoms with Crippen LogP contribution in [0.3, 0.4) is 0 Å². The molecule has 0 aromatic carbocycles. The summed E-state index contributed by atoms with van der Waals surface area (Å²) in [6.45, 7) is 15.8. The predicted octanol–water partition coefficient (Wildman–Crippen LogP) is 8.49. The maximum Gasteiger partial charge on any atom is 0.426 e. The highest BCUT2D eigenvalue weighted by Gasteiger charge is 2.71. The summed E-state index contributed by atoms with van der Waals surface area (Å²) in [7, 11) is 0. The molecule has 2 bridgehead atoms. The van der Waals surface area contributed by atoms with Crippen molar-refractivity contribution in [3.63, 3.8) is 0 Å². The van der Waals surface area contributed by atoms with Crippen LogP contribution in [0.25, 0.3) is 0 Å².